The van der Waals surface area contributed by atoms with E-state index in [2.05, 4.69) is 10.6 Å². The summed E-state index contributed by atoms with van der Waals surface area (Å²) in [5.74, 6) is -0.957. The molecule has 0 aliphatic heterocycles. The number of alkyl halides is 2. The number of rotatable bonds is 8. The van der Waals surface area contributed by atoms with Crippen molar-refractivity contribution in [3.63, 3.8) is 0 Å². The number of nitro groups is 1. The molecule has 8 nitrogen and oxygen atoms in total. The van der Waals surface area contributed by atoms with Gasteiger partial charge < -0.3 is 15.4 Å². The Morgan fingerprint density at radius 2 is 1.57 bits per heavy atom. The van der Waals surface area contributed by atoms with Gasteiger partial charge in [-0.2, -0.15) is 0 Å². The fraction of sp³-hybridized carbons (Fsp3) is 0.385. The summed E-state index contributed by atoms with van der Waals surface area (Å²) in [6.45, 7) is 0.0136. The number of carbonyl (C=O) groups is 2. The van der Waals surface area contributed by atoms with Gasteiger partial charge in [-0.05, 0) is 0 Å². The number of ether oxygens (including phenoxy) is 1. The number of methoxy groups -OCH3 is 1. The topological polar surface area (TPSA) is 111 Å². The van der Waals surface area contributed by atoms with Crippen molar-refractivity contribution in [3.8, 4) is 5.75 Å². The second-order valence-corrected chi connectivity index (χ2v) is 4.91. The van der Waals surface area contributed by atoms with E-state index in [9.17, 15) is 19.7 Å². The lowest BCUT2D eigenvalue weighted by atomic mass is 10.1. The van der Waals surface area contributed by atoms with E-state index in [-0.39, 0.29) is 30.5 Å². The monoisotopic (exact) mass is 363 g/mol. The smallest absolute Gasteiger partial charge is 0.270 e. The van der Waals surface area contributed by atoms with Gasteiger partial charge in [-0.15, -0.1) is 23.2 Å². The summed E-state index contributed by atoms with van der Waals surface area (Å²) < 4.78 is 5.25. The third-order valence-electron chi connectivity index (χ3n) is 2.84. The average Bonchev–Trinajstić information content (AvgIpc) is 2.56. The van der Waals surface area contributed by atoms with Crippen molar-refractivity contribution in [3.05, 3.63) is 33.4 Å². The number of nitrogens with zero attached hydrogens (tertiary/aromatic N) is 1. The second-order valence-electron chi connectivity index (χ2n) is 4.38. The van der Waals surface area contributed by atoms with E-state index in [0.29, 0.717) is 16.9 Å². The van der Waals surface area contributed by atoms with Gasteiger partial charge >= 0.3 is 0 Å². The van der Waals surface area contributed by atoms with Crippen LogP contribution in [0.5, 0.6) is 5.75 Å². The van der Waals surface area contributed by atoms with Gasteiger partial charge in [-0.1, -0.05) is 0 Å². The summed E-state index contributed by atoms with van der Waals surface area (Å²) in [7, 11) is 1.39. The lowest BCUT2D eigenvalue weighted by Crippen LogP contribution is -2.25. The van der Waals surface area contributed by atoms with Gasteiger partial charge in [0.2, 0.25) is 11.8 Å². The number of non-ortho nitro benzene ring substituents is 1. The summed E-state index contributed by atoms with van der Waals surface area (Å²) in [5, 5.41) is 16.1. The first-order valence-electron chi connectivity index (χ1n) is 6.42. The molecule has 1 aromatic carbocycles. The number of nitrogens with one attached hydrogen (secondary N) is 2. The molecule has 0 unspecified atom stereocenters. The van der Waals surface area contributed by atoms with E-state index in [4.69, 9.17) is 27.9 Å². The fourth-order valence-corrected chi connectivity index (χ4v) is 2.04. The normalized spacial score (nSPS) is 10.0. The Morgan fingerprint density at radius 1 is 1.13 bits per heavy atom. The van der Waals surface area contributed by atoms with Gasteiger partial charge in [0.05, 0.1) is 12.0 Å². The molecule has 0 saturated carbocycles. The second kappa shape index (κ2) is 9.16. The van der Waals surface area contributed by atoms with E-state index in [1.54, 1.807) is 0 Å². The van der Waals surface area contributed by atoms with Gasteiger partial charge in [0.1, 0.15) is 17.5 Å². The molecular weight excluding hydrogens is 349 g/mol. The summed E-state index contributed by atoms with van der Waals surface area (Å²) >= 11 is 10.8. The number of carbonyl (C=O) groups excluding carboxylic acids is 2. The van der Waals surface area contributed by atoms with Gasteiger partial charge in [-0.3, -0.25) is 19.7 Å². The molecule has 0 radical (unpaired) electrons. The first-order valence-corrected chi connectivity index (χ1v) is 7.49. The molecule has 0 aromatic heterocycles. The molecule has 0 saturated heterocycles. The molecule has 0 atom stereocenters. The molecule has 0 fully saturated rings. The molecule has 0 bridgehead atoms. The summed E-state index contributed by atoms with van der Waals surface area (Å²) in [4.78, 5) is 33.0. The molecule has 0 heterocycles. The quantitative estimate of drug-likeness (QED) is 0.411. The zero-order valence-corrected chi connectivity index (χ0v) is 13.7. The van der Waals surface area contributed by atoms with E-state index in [1.807, 2.05) is 0 Å². The van der Waals surface area contributed by atoms with Crippen LogP contribution in [0.25, 0.3) is 0 Å². The van der Waals surface area contributed by atoms with Gasteiger partial charge in [0.15, 0.2) is 0 Å². The van der Waals surface area contributed by atoms with Crippen LogP contribution in [0.15, 0.2) is 12.1 Å². The van der Waals surface area contributed by atoms with Gasteiger partial charge in [0.25, 0.3) is 5.69 Å². The number of benzene rings is 1. The standard InChI is InChI=1S/C13H15Cl2N3O5/c1-23-13-8(6-16-11(19)4-14)2-10(18(21)22)3-9(13)7-17-12(20)5-15/h2-3H,4-7H2,1H3,(H,16,19)(H,17,20). The lowest BCUT2D eigenvalue weighted by molar-refractivity contribution is -0.385. The van der Waals surface area contributed by atoms with Crippen LogP contribution < -0.4 is 15.4 Å². The number of hydrogen-bond acceptors (Lipinski definition) is 5. The Morgan fingerprint density at radius 3 is 1.87 bits per heavy atom. The molecule has 0 aliphatic carbocycles. The Bertz CT molecular complexity index is 568. The van der Waals surface area contributed by atoms with Crippen molar-refractivity contribution in [1.29, 1.82) is 0 Å². The Labute approximate surface area is 142 Å². The maximum absolute atomic E-state index is 11.3. The molecule has 126 valence electrons. The van der Waals surface area contributed by atoms with Crippen LogP contribution >= 0.6 is 23.2 Å². The zero-order chi connectivity index (χ0) is 17.4. The Kier molecular flexibility index (Phi) is 7.56. The maximum atomic E-state index is 11.3. The minimum absolute atomic E-state index is 0.00680. The van der Waals surface area contributed by atoms with Crippen molar-refractivity contribution in [2.45, 2.75) is 13.1 Å². The van der Waals surface area contributed by atoms with Crippen LogP contribution in [0.3, 0.4) is 0 Å². The van der Waals surface area contributed by atoms with Crippen LogP contribution in [-0.4, -0.2) is 35.6 Å². The lowest BCUT2D eigenvalue weighted by Gasteiger charge is -2.14. The third-order valence-corrected chi connectivity index (χ3v) is 3.32. The van der Waals surface area contributed by atoms with Crippen molar-refractivity contribution in [2.75, 3.05) is 18.9 Å². The van der Waals surface area contributed by atoms with Crippen molar-refractivity contribution < 1.29 is 19.2 Å². The highest BCUT2D eigenvalue weighted by molar-refractivity contribution is 6.27. The van der Waals surface area contributed by atoms with Crippen LogP contribution in [0.2, 0.25) is 0 Å². The van der Waals surface area contributed by atoms with Crippen molar-refractivity contribution in [1.82, 2.24) is 10.6 Å². The van der Waals surface area contributed by atoms with Crippen LogP contribution in [-0.2, 0) is 22.7 Å². The van der Waals surface area contributed by atoms with Crippen LogP contribution in [0.1, 0.15) is 11.1 Å². The number of hydrogen-bond donors (Lipinski definition) is 2. The summed E-state index contributed by atoms with van der Waals surface area (Å²) in [5.41, 5.74) is 0.613. The molecule has 10 heteroatoms. The predicted molar refractivity (Wildman–Crippen MR) is 84.8 cm³/mol. The summed E-state index contributed by atoms with van der Waals surface area (Å²) in [6, 6.07) is 2.58. The van der Waals surface area contributed by atoms with Gasteiger partial charge in [0, 0.05) is 36.3 Å². The first-order chi connectivity index (χ1) is 10.9. The predicted octanol–water partition coefficient (Wildman–Crippen LogP) is 1.31. The molecule has 2 amide bonds. The zero-order valence-electron chi connectivity index (χ0n) is 12.2. The minimum Gasteiger partial charge on any atom is -0.496 e. The van der Waals surface area contributed by atoms with Crippen molar-refractivity contribution in [2.24, 2.45) is 0 Å². The Balaban J connectivity index is 3.14. The molecule has 1 rings (SSSR count). The largest absolute Gasteiger partial charge is 0.496 e. The molecule has 23 heavy (non-hydrogen) atoms. The first kappa shape index (κ1) is 19.0. The molecule has 0 spiro atoms. The SMILES string of the molecule is COc1c(CNC(=O)CCl)cc([N+](=O)[O-])cc1CNC(=O)CCl. The highest BCUT2D eigenvalue weighted by Gasteiger charge is 2.18. The fourth-order valence-electron chi connectivity index (χ4n) is 1.85. The summed E-state index contributed by atoms with van der Waals surface area (Å²) in [6.07, 6.45) is 0. The number of amides is 2. The van der Waals surface area contributed by atoms with E-state index >= 15 is 0 Å². The molecular formula is C13H15Cl2N3O5. The Hall–Kier alpha value is -2.06. The molecule has 0 aliphatic rings. The highest BCUT2D eigenvalue weighted by atomic mass is 35.5. The molecule has 2 N–H and O–H groups in total. The number of nitro benzene ring substituents is 1. The average molecular weight is 364 g/mol. The third kappa shape index (κ3) is 5.57. The van der Waals surface area contributed by atoms with Crippen molar-refractivity contribution >= 4 is 40.7 Å². The highest BCUT2D eigenvalue weighted by Crippen LogP contribution is 2.29. The number of halogens is 2. The van der Waals surface area contributed by atoms with Crippen LogP contribution in [0, 0.1) is 10.1 Å². The van der Waals surface area contributed by atoms with Crippen LogP contribution in [0.4, 0.5) is 5.69 Å². The maximum Gasteiger partial charge on any atom is 0.270 e. The van der Waals surface area contributed by atoms with E-state index in [1.165, 1.54) is 19.2 Å². The van der Waals surface area contributed by atoms with E-state index in [0.717, 1.165) is 0 Å². The van der Waals surface area contributed by atoms with Gasteiger partial charge in [-0.25, -0.2) is 0 Å². The molecule has 1 aromatic rings. The minimum atomic E-state index is -0.570. The van der Waals surface area contributed by atoms with E-state index < -0.39 is 16.7 Å².